The Hall–Kier alpha value is 0.439. The first kappa shape index (κ1) is 156. The molecular weight excluding hydrogens is 226 g/mol. The molecule has 1 N–H and O–H groups in total. The molecule has 0 bridgehead atoms. The van der Waals surface area contributed by atoms with Gasteiger partial charge in [-0.05, 0) is 0 Å². The second kappa shape index (κ2) is 325. The van der Waals surface area contributed by atoms with Crippen molar-refractivity contribution in [1.29, 1.82) is 0 Å². The quantitative estimate of drug-likeness (QED) is 0.527. The number of carbonyl (C=O) groups is 1. The molecule has 68 valence electrons. The van der Waals surface area contributed by atoms with Gasteiger partial charge in [-0.1, -0.05) is 0 Å². The van der Waals surface area contributed by atoms with Crippen LogP contribution in [-0.2, 0) is 69.3 Å². The number of hydrogen-bond acceptors (Lipinski definition) is 1. The molecule has 0 aromatic rings. The third kappa shape index (κ3) is 2420. The first-order valence-corrected chi connectivity index (χ1v) is 0.494. The summed E-state index contributed by atoms with van der Waals surface area (Å²) in [6, 6.07) is 0. The first-order valence-electron chi connectivity index (χ1n) is 0.494. The molecule has 0 aromatic carbocycles. The smallest absolute Gasteiger partial charge is 0.290 e. The summed E-state index contributed by atoms with van der Waals surface area (Å²) in [5.74, 6) is 0. The van der Waals surface area contributed by atoms with Crippen molar-refractivity contribution in [2.24, 2.45) is 0 Å². The van der Waals surface area contributed by atoms with Crippen molar-refractivity contribution in [3.8, 4) is 0 Å². The van der Waals surface area contributed by atoms with Gasteiger partial charge in [-0.2, -0.15) is 0 Å². The van der Waals surface area contributed by atoms with E-state index in [4.69, 9.17) is 9.90 Å². The minimum absolute atomic E-state index is 0. The number of carboxylic acid groups (broad SMARTS) is 1. The second-order valence-electron chi connectivity index (χ2n) is 0.105. The van der Waals surface area contributed by atoms with Crippen LogP contribution in [0, 0.1) is 0 Å². The average Bonchev–Trinajstić information content (AvgIpc) is 0.918. The maximum absolute atomic E-state index is 8.36. The summed E-state index contributed by atoms with van der Waals surface area (Å²) in [7, 11) is 0. The Morgan fingerprint density at radius 3 is 0.800 bits per heavy atom. The predicted molar refractivity (Wildman–Crippen MR) is 12.1 cm³/mol. The minimum Gasteiger partial charge on any atom is -2.00 e. The monoisotopic (exact) mass is 228 g/mol. The van der Waals surface area contributed by atoms with Crippen LogP contribution in [-0.4, -0.2) is 11.6 Å². The van der Waals surface area contributed by atoms with Crippen LogP contribution in [0.3, 0.4) is 0 Å². The van der Waals surface area contributed by atoms with Gasteiger partial charge in [0.05, 0.1) is 0 Å². The summed E-state index contributed by atoms with van der Waals surface area (Å²) in [4.78, 5) is 8.36. The summed E-state index contributed by atoms with van der Waals surface area (Å²) in [6.07, 6.45) is 0. The molecule has 10 heavy (non-hydrogen) atoms. The molecule has 2 radical (unpaired) electrons. The zero-order chi connectivity index (χ0) is 2.71. The minimum atomic E-state index is -0.250. The van der Waals surface area contributed by atoms with Crippen molar-refractivity contribution in [1.82, 2.24) is 0 Å². The Bertz CT molecular complexity index is 19.1. The molecule has 0 aliphatic rings. The zero-order valence-corrected chi connectivity index (χ0v) is 7.16. The van der Waals surface area contributed by atoms with Crippen LogP contribution in [0.15, 0.2) is 0 Å². The fraction of sp³-hybridized carbons (Fsp3) is 0. The van der Waals surface area contributed by atoms with Gasteiger partial charge in [-0.15, -0.1) is 0 Å². The van der Waals surface area contributed by atoms with Crippen molar-refractivity contribution in [2.75, 3.05) is 0 Å². The fourth-order valence-electron chi connectivity index (χ4n) is 0. The SMILES string of the molecule is O=CO.[O-2].[O-2].[O-2].[O-2].[O-2].[V].[V]. The van der Waals surface area contributed by atoms with Crippen LogP contribution >= 0.6 is 0 Å². The molecule has 0 saturated carbocycles. The van der Waals surface area contributed by atoms with Gasteiger partial charge in [-0.25, -0.2) is 0 Å². The van der Waals surface area contributed by atoms with Crippen molar-refractivity contribution in [3.05, 3.63) is 0 Å². The summed E-state index contributed by atoms with van der Waals surface area (Å²) in [5.41, 5.74) is 0. The summed E-state index contributed by atoms with van der Waals surface area (Å²) in [5, 5.41) is 6.89. The molecule has 9 heteroatoms. The molecular formula is CH2O7V2-10. The van der Waals surface area contributed by atoms with Crippen LogP contribution in [0.2, 0.25) is 0 Å². The molecule has 0 heterocycles. The van der Waals surface area contributed by atoms with E-state index in [2.05, 4.69) is 0 Å². The van der Waals surface area contributed by atoms with E-state index in [1.165, 1.54) is 0 Å². The topological polar surface area (TPSA) is 180 Å². The van der Waals surface area contributed by atoms with Crippen LogP contribution in [0.1, 0.15) is 0 Å². The van der Waals surface area contributed by atoms with E-state index >= 15 is 0 Å². The predicted octanol–water partition coefficient (Wildman–Crippen LogP) is -0.898. The Morgan fingerprint density at radius 2 is 0.800 bits per heavy atom. The second-order valence-corrected chi connectivity index (χ2v) is 0.105. The Balaban J connectivity index is -0.000000000952. The van der Waals surface area contributed by atoms with E-state index in [0.29, 0.717) is 0 Å². The largest absolute Gasteiger partial charge is 2.00 e. The maximum atomic E-state index is 8.36. The van der Waals surface area contributed by atoms with Gasteiger partial charge in [0.25, 0.3) is 6.47 Å². The van der Waals surface area contributed by atoms with Crippen molar-refractivity contribution in [2.45, 2.75) is 0 Å². The molecule has 0 aliphatic carbocycles. The Morgan fingerprint density at radius 1 is 0.800 bits per heavy atom. The molecule has 0 atom stereocenters. The normalized spacial score (nSPS) is 1.20. The van der Waals surface area contributed by atoms with Gasteiger partial charge in [0, 0.05) is 37.1 Å². The Labute approximate surface area is 81.1 Å². The molecule has 0 unspecified atom stereocenters. The van der Waals surface area contributed by atoms with E-state index < -0.39 is 0 Å². The van der Waals surface area contributed by atoms with Crippen LogP contribution in [0.25, 0.3) is 0 Å². The van der Waals surface area contributed by atoms with Gasteiger partial charge in [-0.3, -0.25) is 4.79 Å². The van der Waals surface area contributed by atoms with Gasteiger partial charge < -0.3 is 32.5 Å². The summed E-state index contributed by atoms with van der Waals surface area (Å²) >= 11 is 0. The van der Waals surface area contributed by atoms with E-state index in [9.17, 15) is 0 Å². The van der Waals surface area contributed by atoms with E-state index in [1.54, 1.807) is 0 Å². The van der Waals surface area contributed by atoms with E-state index in [0.717, 1.165) is 0 Å². The van der Waals surface area contributed by atoms with Crippen molar-refractivity contribution in [3.63, 3.8) is 0 Å². The van der Waals surface area contributed by atoms with Gasteiger partial charge in [0.1, 0.15) is 0 Å². The average molecular weight is 228 g/mol. The molecule has 0 spiro atoms. The van der Waals surface area contributed by atoms with Crippen molar-refractivity contribution < 1.29 is 74.4 Å². The Kier molecular flexibility index (Phi) is 5080. The van der Waals surface area contributed by atoms with E-state index in [-0.39, 0.29) is 71.0 Å². The third-order valence-electron chi connectivity index (χ3n) is 0. The molecule has 0 amide bonds. The van der Waals surface area contributed by atoms with Gasteiger partial charge in [0.15, 0.2) is 0 Å². The van der Waals surface area contributed by atoms with Crippen molar-refractivity contribution >= 4 is 6.47 Å². The van der Waals surface area contributed by atoms with Crippen LogP contribution in [0.4, 0.5) is 0 Å². The van der Waals surface area contributed by atoms with Crippen LogP contribution < -0.4 is 0 Å². The molecule has 0 saturated heterocycles. The molecule has 0 rings (SSSR count). The molecule has 0 fully saturated rings. The first-order chi connectivity index (χ1) is 1.41. The molecule has 0 aliphatic heterocycles. The van der Waals surface area contributed by atoms with E-state index in [1.807, 2.05) is 0 Å². The number of rotatable bonds is 0. The standard InChI is InChI=1S/CH2O2.5O.2V/c2-1-3;;;;;;;/h1H,(H,2,3);;;;;;;/q;5*-2;;. The summed E-state index contributed by atoms with van der Waals surface area (Å²) < 4.78 is 0. The maximum Gasteiger partial charge on any atom is 0.290 e. The number of hydrogen-bond donors (Lipinski definition) is 1. The summed E-state index contributed by atoms with van der Waals surface area (Å²) in [6.45, 7) is -0.250. The van der Waals surface area contributed by atoms with Crippen LogP contribution in [0.5, 0.6) is 0 Å². The van der Waals surface area contributed by atoms with Gasteiger partial charge >= 0.3 is 0 Å². The molecule has 0 aromatic heterocycles. The molecule has 7 nitrogen and oxygen atoms in total. The fourth-order valence-corrected chi connectivity index (χ4v) is 0. The van der Waals surface area contributed by atoms with Gasteiger partial charge in [0.2, 0.25) is 0 Å². The zero-order valence-electron chi connectivity index (χ0n) is 4.37. The third-order valence-corrected chi connectivity index (χ3v) is 0.